The molecule has 1 amide bonds. The summed E-state index contributed by atoms with van der Waals surface area (Å²) in [5.74, 6) is 0.373. The molecule has 1 rings (SSSR count). The van der Waals surface area contributed by atoms with Gasteiger partial charge in [-0.15, -0.1) is 0 Å². The number of amides is 1. The zero-order valence-corrected chi connectivity index (χ0v) is 8.13. The Morgan fingerprint density at radius 2 is 2.23 bits per heavy atom. The number of carbonyl (C=O) groups is 1. The van der Waals surface area contributed by atoms with E-state index in [1.54, 1.807) is 6.07 Å². The van der Waals surface area contributed by atoms with Gasteiger partial charge in [0.15, 0.2) is 0 Å². The Balaban J connectivity index is 2.81. The van der Waals surface area contributed by atoms with Gasteiger partial charge in [0.1, 0.15) is 5.76 Å². The number of carbonyl (C=O) groups excluding carboxylic acids is 1. The lowest BCUT2D eigenvalue weighted by molar-refractivity contribution is -0.117. The van der Waals surface area contributed by atoms with Gasteiger partial charge in [-0.05, 0) is 0 Å². The van der Waals surface area contributed by atoms with Crippen molar-refractivity contribution in [3.63, 3.8) is 0 Å². The predicted molar refractivity (Wildman–Crippen MR) is 48.1 cm³/mol. The number of hydrogen-bond acceptors (Lipinski definition) is 3. The third-order valence-electron chi connectivity index (χ3n) is 1.65. The Morgan fingerprint density at radius 3 is 2.62 bits per heavy atom. The number of nitrogens with zero attached hydrogens (tertiary/aromatic N) is 1. The molecule has 0 aliphatic carbocycles. The van der Waals surface area contributed by atoms with Gasteiger partial charge < -0.3 is 10.3 Å². The summed E-state index contributed by atoms with van der Waals surface area (Å²) >= 11 is 0. The maximum Gasteiger partial charge on any atom is 0.223 e. The molecule has 0 aliphatic heterocycles. The lowest BCUT2D eigenvalue weighted by atomic mass is 9.93. The first-order valence-corrected chi connectivity index (χ1v) is 4.14. The second-order valence-electron chi connectivity index (χ2n) is 4.08. The molecule has 13 heavy (non-hydrogen) atoms. The molecule has 0 bridgehead atoms. The van der Waals surface area contributed by atoms with Gasteiger partial charge in [0.25, 0.3) is 0 Å². The fourth-order valence-corrected chi connectivity index (χ4v) is 0.927. The fraction of sp³-hybridized carbons (Fsp3) is 0.556. The number of primary amides is 1. The highest BCUT2D eigenvalue weighted by molar-refractivity contribution is 5.76. The predicted octanol–water partition coefficient (Wildman–Crippen LogP) is 1.000. The van der Waals surface area contributed by atoms with Crippen LogP contribution in [0.25, 0.3) is 0 Å². The molecule has 1 aromatic heterocycles. The molecule has 1 aromatic rings. The largest absolute Gasteiger partial charge is 0.369 e. The molecule has 1 heterocycles. The van der Waals surface area contributed by atoms with Crippen molar-refractivity contribution in [2.24, 2.45) is 5.73 Å². The number of nitrogens with two attached hydrogens (primary N) is 1. The number of hydrogen-bond donors (Lipinski definition) is 1. The summed E-state index contributed by atoms with van der Waals surface area (Å²) in [6, 6.07) is 1.77. The van der Waals surface area contributed by atoms with Gasteiger partial charge in [-0.25, -0.2) is 0 Å². The smallest absolute Gasteiger partial charge is 0.223 e. The summed E-state index contributed by atoms with van der Waals surface area (Å²) in [6.07, 6.45) is 0.138. The minimum absolute atomic E-state index is 0.0805. The topological polar surface area (TPSA) is 69.1 Å². The molecular weight excluding hydrogens is 168 g/mol. The first-order valence-electron chi connectivity index (χ1n) is 4.14. The first-order chi connectivity index (χ1) is 5.89. The minimum Gasteiger partial charge on any atom is -0.369 e. The summed E-state index contributed by atoms with van der Waals surface area (Å²) in [5, 5.41) is 3.75. The lowest BCUT2D eigenvalue weighted by Crippen LogP contribution is -2.14. The molecular formula is C9H14N2O2. The Labute approximate surface area is 77.1 Å². The first kappa shape index (κ1) is 9.77. The van der Waals surface area contributed by atoms with E-state index >= 15 is 0 Å². The van der Waals surface area contributed by atoms with Gasteiger partial charge in [-0.2, -0.15) is 0 Å². The van der Waals surface area contributed by atoms with Crippen LogP contribution in [0, 0.1) is 0 Å². The quantitative estimate of drug-likeness (QED) is 0.741. The third-order valence-corrected chi connectivity index (χ3v) is 1.65. The standard InChI is InChI=1S/C9H14N2O2/c1-9(2,3)7-4-6(11-13-7)5-8(10)12/h4H,5H2,1-3H3,(H2,10,12). The van der Waals surface area contributed by atoms with Gasteiger partial charge in [0.05, 0.1) is 12.1 Å². The highest BCUT2D eigenvalue weighted by atomic mass is 16.5. The van der Waals surface area contributed by atoms with Crippen molar-refractivity contribution in [3.05, 3.63) is 17.5 Å². The fourth-order valence-electron chi connectivity index (χ4n) is 0.927. The second-order valence-corrected chi connectivity index (χ2v) is 4.08. The van der Waals surface area contributed by atoms with E-state index < -0.39 is 5.91 Å². The summed E-state index contributed by atoms with van der Waals surface area (Å²) in [4.78, 5) is 10.6. The van der Waals surface area contributed by atoms with Crippen LogP contribution in [0.15, 0.2) is 10.6 Å². The summed E-state index contributed by atoms with van der Waals surface area (Å²) in [5.41, 5.74) is 5.54. The van der Waals surface area contributed by atoms with Crippen molar-refractivity contribution in [1.29, 1.82) is 0 Å². The SMILES string of the molecule is CC(C)(C)c1cc(CC(N)=O)no1. The Kier molecular flexibility index (Phi) is 2.40. The van der Waals surface area contributed by atoms with Crippen molar-refractivity contribution in [3.8, 4) is 0 Å². The minimum atomic E-state index is -0.395. The van der Waals surface area contributed by atoms with Gasteiger partial charge in [0.2, 0.25) is 5.91 Å². The maximum atomic E-state index is 10.6. The van der Waals surface area contributed by atoms with E-state index in [4.69, 9.17) is 10.3 Å². The van der Waals surface area contributed by atoms with Crippen LogP contribution in [-0.4, -0.2) is 11.1 Å². The Morgan fingerprint density at radius 1 is 1.62 bits per heavy atom. The summed E-state index contributed by atoms with van der Waals surface area (Å²) in [6.45, 7) is 6.05. The van der Waals surface area contributed by atoms with E-state index in [-0.39, 0.29) is 11.8 Å². The van der Waals surface area contributed by atoms with Crippen LogP contribution < -0.4 is 5.73 Å². The van der Waals surface area contributed by atoms with Crippen molar-refractivity contribution in [2.45, 2.75) is 32.6 Å². The van der Waals surface area contributed by atoms with Crippen LogP contribution in [-0.2, 0) is 16.6 Å². The molecule has 0 saturated heterocycles. The normalized spacial score (nSPS) is 11.6. The molecule has 72 valence electrons. The van der Waals surface area contributed by atoms with Crippen LogP contribution >= 0.6 is 0 Å². The molecule has 0 aromatic carbocycles. The van der Waals surface area contributed by atoms with Crippen molar-refractivity contribution in [2.75, 3.05) is 0 Å². The van der Waals surface area contributed by atoms with E-state index in [2.05, 4.69) is 5.16 Å². The third kappa shape index (κ3) is 2.57. The van der Waals surface area contributed by atoms with E-state index in [0.29, 0.717) is 5.69 Å². The van der Waals surface area contributed by atoms with E-state index in [1.807, 2.05) is 20.8 Å². The molecule has 0 radical (unpaired) electrons. The van der Waals surface area contributed by atoms with Gasteiger partial charge in [-0.3, -0.25) is 4.79 Å². The molecule has 4 nitrogen and oxygen atoms in total. The average molecular weight is 182 g/mol. The molecule has 0 aliphatic rings. The van der Waals surface area contributed by atoms with Crippen molar-refractivity contribution >= 4 is 5.91 Å². The second kappa shape index (κ2) is 3.20. The highest BCUT2D eigenvalue weighted by Gasteiger charge is 2.19. The van der Waals surface area contributed by atoms with Gasteiger partial charge in [0, 0.05) is 11.5 Å². The van der Waals surface area contributed by atoms with Crippen LogP contribution in [0.5, 0.6) is 0 Å². The van der Waals surface area contributed by atoms with E-state index in [9.17, 15) is 4.79 Å². The monoisotopic (exact) mass is 182 g/mol. The van der Waals surface area contributed by atoms with Crippen LogP contribution in [0.4, 0.5) is 0 Å². The summed E-state index contributed by atoms with van der Waals surface area (Å²) in [7, 11) is 0. The number of aromatic nitrogens is 1. The zero-order valence-electron chi connectivity index (χ0n) is 8.13. The molecule has 4 heteroatoms. The van der Waals surface area contributed by atoms with Crippen LogP contribution in [0.3, 0.4) is 0 Å². The van der Waals surface area contributed by atoms with Crippen molar-refractivity contribution < 1.29 is 9.32 Å². The van der Waals surface area contributed by atoms with Gasteiger partial charge >= 0.3 is 0 Å². The molecule has 0 fully saturated rings. The van der Waals surface area contributed by atoms with Crippen LogP contribution in [0.2, 0.25) is 0 Å². The lowest BCUT2D eigenvalue weighted by Gasteiger charge is -2.12. The molecule has 0 atom stereocenters. The van der Waals surface area contributed by atoms with E-state index in [0.717, 1.165) is 5.76 Å². The zero-order chi connectivity index (χ0) is 10.1. The molecule has 2 N–H and O–H groups in total. The Hall–Kier alpha value is -1.32. The Bertz CT molecular complexity index is 310. The molecule has 0 spiro atoms. The van der Waals surface area contributed by atoms with E-state index in [1.165, 1.54) is 0 Å². The van der Waals surface area contributed by atoms with Gasteiger partial charge in [-0.1, -0.05) is 25.9 Å². The average Bonchev–Trinajstić information content (AvgIpc) is 2.32. The van der Waals surface area contributed by atoms with Crippen LogP contribution in [0.1, 0.15) is 32.2 Å². The maximum absolute atomic E-state index is 10.6. The van der Waals surface area contributed by atoms with Crippen molar-refractivity contribution in [1.82, 2.24) is 5.16 Å². The number of rotatable bonds is 2. The highest BCUT2D eigenvalue weighted by Crippen LogP contribution is 2.22. The molecule has 0 unspecified atom stereocenters. The summed E-state index contributed by atoms with van der Waals surface area (Å²) < 4.78 is 5.07. The molecule has 0 saturated carbocycles.